The van der Waals surface area contributed by atoms with Crippen LogP contribution in [-0.4, -0.2) is 4.98 Å². The molecule has 1 aromatic heterocycles. The third-order valence-electron chi connectivity index (χ3n) is 1.36. The summed E-state index contributed by atoms with van der Waals surface area (Å²) in [5, 5.41) is 0.694. The molecule has 0 aliphatic rings. The zero-order valence-corrected chi connectivity index (χ0v) is 9.46. The Balaban J connectivity index is 0.000000791. The third kappa shape index (κ3) is 3.65. The van der Waals surface area contributed by atoms with Gasteiger partial charge in [0.25, 0.3) is 0 Å². The van der Waals surface area contributed by atoms with Gasteiger partial charge in [-0.15, -0.1) is 11.3 Å². The molecule has 0 spiro atoms. The highest BCUT2D eigenvalue weighted by Crippen LogP contribution is 2.32. The van der Waals surface area contributed by atoms with Gasteiger partial charge in [-0.25, -0.2) is 4.98 Å². The molecule has 1 rings (SSSR count). The van der Waals surface area contributed by atoms with Crippen molar-refractivity contribution in [1.82, 2.24) is 4.98 Å². The van der Waals surface area contributed by atoms with Crippen LogP contribution >= 0.6 is 11.3 Å². The zero-order valence-electron chi connectivity index (χ0n) is 8.64. The molecular formula is C9H14F3NS. The van der Waals surface area contributed by atoms with Gasteiger partial charge in [-0.2, -0.15) is 13.2 Å². The standard InChI is InChI=1S/C7H8F3NS.C2H6/c1-4(2)5-3-12-6(11-5)7(8,9)10;1-2/h3-4H,1-2H3;1-2H3. The quantitative estimate of drug-likeness (QED) is 0.694. The maximum absolute atomic E-state index is 12.0. The Hall–Kier alpha value is -0.580. The highest BCUT2D eigenvalue weighted by Gasteiger charge is 2.34. The van der Waals surface area contributed by atoms with E-state index in [2.05, 4.69) is 4.98 Å². The summed E-state index contributed by atoms with van der Waals surface area (Å²) in [4.78, 5) is 3.47. The predicted octanol–water partition coefficient (Wildman–Crippen LogP) is 4.31. The number of alkyl halides is 3. The Kier molecular flexibility index (Phi) is 5.12. The fourth-order valence-corrected chi connectivity index (χ4v) is 1.53. The minimum absolute atomic E-state index is 0.0531. The second kappa shape index (κ2) is 5.34. The van der Waals surface area contributed by atoms with Gasteiger partial charge in [0.1, 0.15) is 0 Å². The second-order valence-corrected chi connectivity index (χ2v) is 3.59. The Bertz CT molecular complexity index is 265. The number of thiazole rings is 1. The van der Waals surface area contributed by atoms with Crippen molar-refractivity contribution in [3.8, 4) is 0 Å². The van der Waals surface area contributed by atoms with Crippen LogP contribution in [0, 0.1) is 0 Å². The molecule has 14 heavy (non-hydrogen) atoms. The molecule has 0 N–H and O–H groups in total. The molecule has 0 aliphatic heterocycles. The van der Waals surface area contributed by atoms with Gasteiger partial charge in [0, 0.05) is 5.38 Å². The van der Waals surface area contributed by atoms with Crippen molar-refractivity contribution >= 4 is 11.3 Å². The van der Waals surface area contributed by atoms with E-state index < -0.39 is 11.2 Å². The summed E-state index contributed by atoms with van der Waals surface area (Å²) in [6.45, 7) is 7.63. The van der Waals surface area contributed by atoms with Crippen LogP contribution < -0.4 is 0 Å². The Morgan fingerprint density at radius 1 is 1.29 bits per heavy atom. The molecule has 0 saturated heterocycles. The van der Waals surface area contributed by atoms with Crippen LogP contribution in [0.25, 0.3) is 0 Å². The first kappa shape index (κ1) is 13.4. The molecule has 0 amide bonds. The average Bonchev–Trinajstić information content (AvgIpc) is 2.54. The van der Waals surface area contributed by atoms with Crippen LogP contribution in [0.2, 0.25) is 0 Å². The molecule has 1 aromatic rings. The molecule has 82 valence electrons. The largest absolute Gasteiger partial charge is 0.443 e. The summed E-state index contributed by atoms with van der Waals surface area (Å²) in [5.41, 5.74) is 0.507. The summed E-state index contributed by atoms with van der Waals surface area (Å²) in [5.74, 6) is 0.0531. The monoisotopic (exact) mass is 225 g/mol. The van der Waals surface area contributed by atoms with Gasteiger partial charge >= 0.3 is 6.18 Å². The molecule has 0 radical (unpaired) electrons. The molecular weight excluding hydrogens is 211 g/mol. The Morgan fingerprint density at radius 2 is 1.79 bits per heavy atom. The number of rotatable bonds is 1. The van der Waals surface area contributed by atoms with Gasteiger partial charge in [0.15, 0.2) is 5.01 Å². The maximum Gasteiger partial charge on any atom is 0.443 e. The fourth-order valence-electron chi connectivity index (χ4n) is 0.682. The van der Waals surface area contributed by atoms with E-state index in [1.54, 1.807) is 0 Å². The number of aromatic nitrogens is 1. The molecule has 0 aliphatic carbocycles. The first-order valence-corrected chi connectivity index (χ1v) is 5.32. The SMILES string of the molecule is CC.CC(C)c1csc(C(F)(F)F)n1. The second-order valence-electron chi connectivity index (χ2n) is 2.73. The lowest BCUT2D eigenvalue weighted by atomic mass is 10.2. The molecule has 0 unspecified atom stereocenters. The van der Waals surface area contributed by atoms with Gasteiger partial charge in [-0.05, 0) is 5.92 Å². The molecule has 0 bridgehead atoms. The van der Waals surface area contributed by atoms with Crippen molar-refractivity contribution in [3.63, 3.8) is 0 Å². The van der Waals surface area contributed by atoms with Crippen molar-refractivity contribution in [2.24, 2.45) is 0 Å². The maximum atomic E-state index is 12.0. The lowest BCUT2D eigenvalue weighted by Gasteiger charge is -2.00. The van der Waals surface area contributed by atoms with Crippen LogP contribution in [-0.2, 0) is 6.18 Å². The van der Waals surface area contributed by atoms with E-state index in [1.165, 1.54) is 5.38 Å². The fraction of sp³-hybridized carbons (Fsp3) is 0.667. The van der Waals surface area contributed by atoms with Crippen molar-refractivity contribution in [2.75, 3.05) is 0 Å². The van der Waals surface area contributed by atoms with Crippen LogP contribution in [0.3, 0.4) is 0 Å². The van der Waals surface area contributed by atoms with Gasteiger partial charge in [-0.1, -0.05) is 27.7 Å². The normalized spacial score (nSPS) is 11.1. The lowest BCUT2D eigenvalue weighted by molar-refractivity contribution is -0.137. The molecule has 5 heteroatoms. The number of hydrogen-bond donors (Lipinski definition) is 0. The zero-order chi connectivity index (χ0) is 11.4. The highest BCUT2D eigenvalue weighted by atomic mass is 32.1. The molecule has 1 heterocycles. The van der Waals surface area contributed by atoms with E-state index >= 15 is 0 Å². The van der Waals surface area contributed by atoms with Gasteiger partial charge in [0.2, 0.25) is 0 Å². The van der Waals surface area contributed by atoms with Crippen molar-refractivity contribution < 1.29 is 13.2 Å². The van der Waals surface area contributed by atoms with Gasteiger partial charge in [-0.3, -0.25) is 0 Å². The summed E-state index contributed by atoms with van der Waals surface area (Å²) < 4.78 is 36.0. The van der Waals surface area contributed by atoms with Crippen LogP contribution in [0.5, 0.6) is 0 Å². The molecule has 0 fully saturated rings. The van der Waals surface area contributed by atoms with E-state index in [0.717, 1.165) is 0 Å². The molecule has 0 saturated carbocycles. The van der Waals surface area contributed by atoms with E-state index in [9.17, 15) is 13.2 Å². The first-order chi connectivity index (χ1) is 6.41. The van der Waals surface area contributed by atoms with Crippen molar-refractivity contribution in [2.45, 2.75) is 39.8 Å². The average molecular weight is 225 g/mol. The van der Waals surface area contributed by atoms with E-state index in [1.807, 2.05) is 27.7 Å². The summed E-state index contributed by atoms with van der Waals surface area (Å²) in [6, 6.07) is 0. The number of hydrogen-bond acceptors (Lipinski definition) is 2. The van der Waals surface area contributed by atoms with E-state index in [0.29, 0.717) is 17.0 Å². The van der Waals surface area contributed by atoms with E-state index in [-0.39, 0.29) is 5.92 Å². The van der Waals surface area contributed by atoms with Crippen molar-refractivity contribution in [1.29, 1.82) is 0 Å². The summed E-state index contributed by atoms with van der Waals surface area (Å²) >= 11 is 0.649. The van der Waals surface area contributed by atoms with Crippen LogP contribution in [0.4, 0.5) is 13.2 Å². The minimum atomic E-state index is -4.29. The summed E-state index contributed by atoms with van der Waals surface area (Å²) in [6.07, 6.45) is -4.29. The molecule has 1 nitrogen and oxygen atoms in total. The molecule has 0 atom stereocenters. The lowest BCUT2D eigenvalue weighted by Crippen LogP contribution is -2.04. The predicted molar refractivity (Wildman–Crippen MR) is 52.6 cm³/mol. The summed E-state index contributed by atoms with van der Waals surface area (Å²) in [7, 11) is 0. The molecule has 0 aromatic carbocycles. The minimum Gasteiger partial charge on any atom is -0.237 e. The van der Waals surface area contributed by atoms with Gasteiger partial charge < -0.3 is 0 Å². The first-order valence-electron chi connectivity index (χ1n) is 4.44. The topological polar surface area (TPSA) is 12.9 Å². The Labute approximate surface area is 86.0 Å². The van der Waals surface area contributed by atoms with Crippen LogP contribution in [0.15, 0.2) is 5.38 Å². The third-order valence-corrected chi connectivity index (χ3v) is 2.26. The van der Waals surface area contributed by atoms with Crippen molar-refractivity contribution in [3.05, 3.63) is 16.1 Å². The van der Waals surface area contributed by atoms with E-state index in [4.69, 9.17) is 0 Å². The number of halogens is 3. The van der Waals surface area contributed by atoms with Crippen LogP contribution in [0.1, 0.15) is 44.3 Å². The Morgan fingerprint density at radius 3 is 2.00 bits per heavy atom. The highest BCUT2D eigenvalue weighted by molar-refractivity contribution is 7.09. The smallest absolute Gasteiger partial charge is 0.237 e. The van der Waals surface area contributed by atoms with Gasteiger partial charge in [0.05, 0.1) is 5.69 Å². The number of nitrogens with zero attached hydrogens (tertiary/aromatic N) is 1.